The molecule has 2 N–H and O–H groups in total. The van der Waals surface area contributed by atoms with Crippen molar-refractivity contribution in [3.05, 3.63) is 71.3 Å². The van der Waals surface area contributed by atoms with Crippen LogP contribution in [0.5, 0.6) is 0 Å². The number of nitrogens with two attached hydrogens (primary N) is 1. The molecule has 0 aromatic heterocycles. The minimum Gasteiger partial charge on any atom is -0.326 e. The first-order chi connectivity index (χ1) is 10.6. The van der Waals surface area contributed by atoms with Crippen LogP contribution in [-0.4, -0.2) is 24.5 Å². The molecule has 2 heteroatoms. The van der Waals surface area contributed by atoms with Gasteiger partial charge in [0.15, 0.2) is 0 Å². The van der Waals surface area contributed by atoms with Gasteiger partial charge in [-0.25, -0.2) is 0 Å². The summed E-state index contributed by atoms with van der Waals surface area (Å²) in [7, 11) is 4.39. The minimum atomic E-state index is 0.144. The van der Waals surface area contributed by atoms with E-state index in [2.05, 4.69) is 80.5 Å². The largest absolute Gasteiger partial charge is 0.326 e. The van der Waals surface area contributed by atoms with Gasteiger partial charge in [0.25, 0.3) is 0 Å². The van der Waals surface area contributed by atoms with E-state index in [1.165, 1.54) is 16.7 Å². The highest BCUT2D eigenvalue weighted by Gasteiger charge is 2.31. The van der Waals surface area contributed by atoms with Crippen molar-refractivity contribution in [3.63, 3.8) is 0 Å². The van der Waals surface area contributed by atoms with Crippen LogP contribution < -0.4 is 5.73 Å². The predicted molar refractivity (Wildman–Crippen MR) is 94.9 cm³/mol. The van der Waals surface area contributed by atoms with Gasteiger partial charge in [-0.15, -0.1) is 0 Å². The van der Waals surface area contributed by atoms with Crippen LogP contribution in [0.25, 0.3) is 0 Å². The molecule has 0 heterocycles. The first-order valence-electron chi connectivity index (χ1n) is 8.09. The molecule has 0 aliphatic rings. The van der Waals surface area contributed by atoms with Gasteiger partial charge in [0, 0.05) is 12.1 Å². The van der Waals surface area contributed by atoms with E-state index in [9.17, 15) is 0 Å². The Morgan fingerprint density at radius 2 is 1.32 bits per heavy atom. The first kappa shape index (κ1) is 16.7. The summed E-state index contributed by atoms with van der Waals surface area (Å²) in [6.45, 7) is 2.90. The first-order valence-corrected chi connectivity index (χ1v) is 8.09. The van der Waals surface area contributed by atoms with Crippen molar-refractivity contribution in [3.8, 4) is 0 Å². The summed E-state index contributed by atoms with van der Waals surface area (Å²) in [4.78, 5) is 2.39. The van der Waals surface area contributed by atoms with Gasteiger partial charge in [-0.3, -0.25) is 0 Å². The Bertz CT molecular complexity index is 560. The monoisotopic (exact) mass is 296 g/mol. The summed E-state index contributed by atoms with van der Waals surface area (Å²) >= 11 is 0. The molecule has 1 unspecified atom stereocenters. The fraction of sp³-hybridized carbons (Fsp3) is 0.400. The summed E-state index contributed by atoms with van der Waals surface area (Å²) in [6.07, 6.45) is 3.24. The van der Waals surface area contributed by atoms with Crippen LogP contribution in [0.1, 0.15) is 30.0 Å². The summed E-state index contributed by atoms with van der Waals surface area (Å²) in [5.41, 5.74) is 9.81. The van der Waals surface area contributed by atoms with Crippen molar-refractivity contribution in [1.29, 1.82) is 0 Å². The zero-order valence-corrected chi connectivity index (χ0v) is 14.0. The van der Waals surface area contributed by atoms with Gasteiger partial charge >= 0.3 is 0 Å². The third-order valence-electron chi connectivity index (χ3n) is 4.77. The van der Waals surface area contributed by atoms with Crippen molar-refractivity contribution >= 4 is 0 Å². The zero-order chi connectivity index (χ0) is 16.0. The summed E-state index contributed by atoms with van der Waals surface area (Å²) < 4.78 is 0. The maximum atomic E-state index is 5.70. The molecule has 0 aliphatic heterocycles. The average Bonchev–Trinajstić information content (AvgIpc) is 2.55. The molecule has 0 radical (unpaired) electrons. The molecule has 0 saturated heterocycles. The quantitative estimate of drug-likeness (QED) is 0.845. The van der Waals surface area contributed by atoms with Crippen LogP contribution in [0.4, 0.5) is 0 Å². The Morgan fingerprint density at radius 3 is 1.77 bits per heavy atom. The van der Waals surface area contributed by atoms with Crippen molar-refractivity contribution < 1.29 is 0 Å². The van der Waals surface area contributed by atoms with Gasteiger partial charge in [0.1, 0.15) is 0 Å². The maximum absolute atomic E-state index is 5.70. The van der Waals surface area contributed by atoms with Crippen molar-refractivity contribution in [2.75, 3.05) is 14.1 Å². The molecular formula is C20H28N2. The van der Waals surface area contributed by atoms with E-state index < -0.39 is 0 Å². The Labute approximate surface area is 135 Å². The molecule has 0 spiro atoms. The molecule has 0 saturated carbocycles. The molecule has 2 aromatic carbocycles. The van der Waals surface area contributed by atoms with Gasteiger partial charge in [-0.1, -0.05) is 61.5 Å². The van der Waals surface area contributed by atoms with E-state index in [-0.39, 0.29) is 5.54 Å². The highest BCUT2D eigenvalue weighted by atomic mass is 15.1. The Kier molecular flexibility index (Phi) is 5.76. The number of rotatable bonds is 7. The third-order valence-corrected chi connectivity index (χ3v) is 4.77. The fourth-order valence-corrected chi connectivity index (χ4v) is 3.09. The van der Waals surface area contributed by atoms with E-state index in [1.807, 2.05) is 0 Å². The Morgan fingerprint density at radius 1 is 0.818 bits per heavy atom. The topological polar surface area (TPSA) is 29.3 Å². The normalized spacial score (nSPS) is 14.0. The molecular weight excluding hydrogens is 268 g/mol. The van der Waals surface area contributed by atoms with Crippen LogP contribution >= 0.6 is 0 Å². The smallest absolute Gasteiger partial charge is 0.0281 e. The molecule has 0 aliphatic carbocycles. The maximum Gasteiger partial charge on any atom is 0.0281 e. The highest BCUT2D eigenvalue weighted by Crippen LogP contribution is 2.27. The molecule has 1 atom stereocenters. The number of nitrogens with zero attached hydrogens (tertiary/aromatic N) is 1. The van der Waals surface area contributed by atoms with Gasteiger partial charge in [-0.05, 0) is 50.0 Å². The van der Waals surface area contributed by atoms with Crippen molar-refractivity contribution in [2.45, 2.75) is 38.3 Å². The van der Waals surface area contributed by atoms with E-state index in [1.54, 1.807) is 0 Å². The van der Waals surface area contributed by atoms with Crippen molar-refractivity contribution in [1.82, 2.24) is 4.90 Å². The number of hydrogen-bond acceptors (Lipinski definition) is 2. The highest BCUT2D eigenvalue weighted by molar-refractivity contribution is 5.26. The molecule has 2 aromatic rings. The second-order valence-corrected chi connectivity index (χ2v) is 6.33. The third kappa shape index (κ3) is 3.96. The molecule has 22 heavy (non-hydrogen) atoms. The predicted octanol–water partition coefficient (Wildman–Crippen LogP) is 3.64. The summed E-state index contributed by atoms with van der Waals surface area (Å²) in [5.74, 6) is 0. The average molecular weight is 296 g/mol. The van der Waals surface area contributed by atoms with Crippen molar-refractivity contribution in [2.24, 2.45) is 5.73 Å². The lowest BCUT2D eigenvalue weighted by atomic mass is 9.81. The molecule has 0 amide bonds. The minimum absolute atomic E-state index is 0.144. The molecule has 2 rings (SSSR count). The van der Waals surface area contributed by atoms with Gasteiger partial charge in [0.05, 0.1) is 0 Å². The second-order valence-electron chi connectivity index (χ2n) is 6.33. The Balaban J connectivity index is 2.24. The lowest BCUT2D eigenvalue weighted by Crippen LogP contribution is -2.47. The van der Waals surface area contributed by atoms with E-state index in [0.29, 0.717) is 6.54 Å². The second kappa shape index (κ2) is 7.57. The van der Waals surface area contributed by atoms with E-state index in [4.69, 9.17) is 5.73 Å². The van der Waals surface area contributed by atoms with Gasteiger partial charge < -0.3 is 10.6 Å². The SMILES string of the molecule is CCC(Cc1ccccc1)(Cc1ccc(CN)cc1)N(C)C. The number of benzene rings is 2. The van der Waals surface area contributed by atoms with Crippen LogP contribution in [0.2, 0.25) is 0 Å². The molecule has 0 bridgehead atoms. The van der Waals surface area contributed by atoms with E-state index in [0.717, 1.165) is 19.3 Å². The number of hydrogen-bond donors (Lipinski definition) is 1. The Hall–Kier alpha value is -1.64. The molecule has 118 valence electrons. The van der Waals surface area contributed by atoms with Gasteiger partial charge in [-0.2, -0.15) is 0 Å². The van der Waals surface area contributed by atoms with Gasteiger partial charge in [0.2, 0.25) is 0 Å². The lowest BCUT2D eigenvalue weighted by Gasteiger charge is -2.40. The van der Waals surface area contributed by atoms with Crippen LogP contribution in [-0.2, 0) is 19.4 Å². The standard InChI is InChI=1S/C20H28N2/c1-4-20(22(2)3,14-17-8-6-5-7-9-17)15-18-10-12-19(16-21)13-11-18/h5-13H,4,14-16,21H2,1-3H3. The molecule has 2 nitrogen and oxygen atoms in total. The summed E-state index contributed by atoms with van der Waals surface area (Å²) in [5, 5.41) is 0. The lowest BCUT2D eigenvalue weighted by molar-refractivity contribution is 0.143. The van der Waals surface area contributed by atoms with Crippen LogP contribution in [0.15, 0.2) is 54.6 Å². The molecule has 0 fully saturated rings. The summed E-state index contributed by atoms with van der Waals surface area (Å²) in [6, 6.07) is 19.5. The number of likely N-dealkylation sites (N-methyl/N-ethyl adjacent to an activating group) is 1. The van der Waals surface area contributed by atoms with E-state index >= 15 is 0 Å². The fourth-order valence-electron chi connectivity index (χ4n) is 3.09. The zero-order valence-electron chi connectivity index (χ0n) is 14.0. The van der Waals surface area contributed by atoms with Crippen LogP contribution in [0.3, 0.4) is 0 Å². The van der Waals surface area contributed by atoms with Crippen LogP contribution in [0, 0.1) is 0 Å².